The van der Waals surface area contributed by atoms with Gasteiger partial charge in [0, 0.05) is 28.6 Å². The number of rotatable bonds is 8. The van der Waals surface area contributed by atoms with Gasteiger partial charge in [0.25, 0.3) is 0 Å². The second-order valence-electron chi connectivity index (χ2n) is 8.06. The van der Waals surface area contributed by atoms with E-state index in [0.29, 0.717) is 16.9 Å². The van der Waals surface area contributed by atoms with Crippen LogP contribution in [0.4, 0.5) is 0 Å². The van der Waals surface area contributed by atoms with Crippen molar-refractivity contribution in [3.63, 3.8) is 0 Å². The van der Waals surface area contributed by atoms with Crippen molar-refractivity contribution in [3.8, 4) is 16.9 Å². The molecule has 1 aromatic heterocycles. The van der Waals surface area contributed by atoms with Crippen molar-refractivity contribution in [1.29, 1.82) is 5.41 Å². The molecule has 6 nitrogen and oxygen atoms in total. The third-order valence-corrected chi connectivity index (χ3v) is 6.06. The predicted molar refractivity (Wildman–Crippen MR) is 131 cm³/mol. The zero-order valence-corrected chi connectivity index (χ0v) is 18.7. The van der Waals surface area contributed by atoms with E-state index in [9.17, 15) is 9.90 Å². The van der Waals surface area contributed by atoms with E-state index in [-0.39, 0.29) is 17.3 Å². The fourth-order valence-corrected chi connectivity index (χ4v) is 4.48. The number of aromatic amines is 1. The van der Waals surface area contributed by atoms with Crippen molar-refractivity contribution < 1.29 is 14.6 Å². The Bertz CT molecular complexity index is 1340. The van der Waals surface area contributed by atoms with Gasteiger partial charge in [-0.1, -0.05) is 49.7 Å². The maximum absolute atomic E-state index is 12.1. The monoisotopic (exact) mass is 441 g/mol. The first-order chi connectivity index (χ1) is 15.9. The Morgan fingerprint density at radius 2 is 1.88 bits per heavy atom. The minimum atomic E-state index is -0.991. The molecule has 0 aliphatic heterocycles. The van der Waals surface area contributed by atoms with Crippen molar-refractivity contribution in [1.82, 2.24) is 4.98 Å². The molecule has 0 spiro atoms. The lowest BCUT2D eigenvalue weighted by molar-refractivity contribution is 0.0697. The topological polar surface area (TPSA) is 112 Å². The molecule has 168 valence electrons. The lowest BCUT2D eigenvalue weighted by Gasteiger charge is -2.21. The van der Waals surface area contributed by atoms with Crippen LogP contribution in [0.5, 0.6) is 5.75 Å². The Balaban J connectivity index is 1.89. The van der Waals surface area contributed by atoms with Gasteiger partial charge in [-0.15, -0.1) is 0 Å². The van der Waals surface area contributed by atoms with E-state index in [0.717, 1.165) is 40.4 Å². The van der Waals surface area contributed by atoms with Crippen LogP contribution in [0.2, 0.25) is 0 Å². The lowest BCUT2D eigenvalue weighted by Crippen LogP contribution is -2.10. The first-order valence-corrected chi connectivity index (χ1v) is 10.9. The fourth-order valence-electron chi connectivity index (χ4n) is 4.48. The summed E-state index contributed by atoms with van der Waals surface area (Å²) in [6.07, 6.45) is 3.88. The van der Waals surface area contributed by atoms with E-state index in [1.165, 1.54) is 7.11 Å². The SMILES string of the molecule is CCCC(c1ccccc1-c1ccc(OC)cc1C(=O)O)c1c[nH]c2cc(C(=N)N)ccc12. The summed E-state index contributed by atoms with van der Waals surface area (Å²) in [4.78, 5) is 15.4. The number of amidine groups is 1. The Labute approximate surface area is 192 Å². The van der Waals surface area contributed by atoms with Gasteiger partial charge in [0.1, 0.15) is 11.6 Å². The fraction of sp³-hybridized carbons (Fsp3) is 0.185. The zero-order valence-electron chi connectivity index (χ0n) is 18.7. The smallest absolute Gasteiger partial charge is 0.336 e. The highest BCUT2D eigenvalue weighted by atomic mass is 16.5. The standard InChI is InChI=1S/C27H27N3O3/c1-3-6-18(24-15-30-25-13-16(26(28)29)9-11-22(24)25)19-7-4-5-8-20(19)21-12-10-17(33-2)14-23(21)27(31)32/h4-5,7-15,18,30H,3,6H2,1-2H3,(H3,28,29)(H,31,32). The van der Waals surface area contributed by atoms with Crippen molar-refractivity contribution in [2.24, 2.45) is 5.73 Å². The van der Waals surface area contributed by atoms with Gasteiger partial charge in [0.05, 0.1) is 12.7 Å². The minimum Gasteiger partial charge on any atom is -0.497 e. The number of ether oxygens (including phenoxy) is 1. The molecule has 0 bridgehead atoms. The van der Waals surface area contributed by atoms with E-state index in [1.54, 1.807) is 12.1 Å². The number of nitrogens with two attached hydrogens (primary N) is 1. The number of carboxylic acid groups (broad SMARTS) is 1. The first kappa shape index (κ1) is 22.1. The van der Waals surface area contributed by atoms with Gasteiger partial charge in [0.2, 0.25) is 0 Å². The molecule has 0 saturated carbocycles. The molecule has 1 heterocycles. The number of fused-ring (bicyclic) bond motifs is 1. The van der Waals surface area contributed by atoms with Gasteiger partial charge in [-0.2, -0.15) is 0 Å². The molecular weight excluding hydrogens is 414 g/mol. The highest BCUT2D eigenvalue weighted by Crippen LogP contribution is 2.40. The molecule has 0 saturated heterocycles. The largest absolute Gasteiger partial charge is 0.497 e. The molecule has 0 radical (unpaired) electrons. The highest BCUT2D eigenvalue weighted by molar-refractivity contribution is 5.99. The molecule has 1 unspecified atom stereocenters. The van der Waals surface area contributed by atoms with Crippen LogP contribution in [0.3, 0.4) is 0 Å². The van der Waals surface area contributed by atoms with Gasteiger partial charge in [-0.05, 0) is 52.9 Å². The summed E-state index contributed by atoms with van der Waals surface area (Å²) in [5.74, 6) is -0.387. The van der Waals surface area contributed by atoms with Gasteiger partial charge in [-0.25, -0.2) is 4.79 Å². The summed E-state index contributed by atoms with van der Waals surface area (Å²) in [6, 6.07) is 18.9. The van der Waals surface area contributed by atoms with Gasteiger partial charge in [-0.3, -0.25) is 5.41 Å². The van der Waals surface area contributed by atoms with Gasteiger partial charge < -0.3 is 20.6 Å². The van der Waals surface area contributed by atoms with Crippen molar-refractivity contribution in [3.05, 3.63) is 89.1 Å². The van der Waals surface area contributed by atoms with Crippen molar-refractivity contribution >= 4 is 22.7 Å². The zero-order chi connectivity index (χ0) is 23.5. The summed E-state index contributed by atoms with van der Waals surface area (Å²) >= 11 is 0. The van der Waals surface area contributed by atoms with Crippen LogP contribution in [-0.4, -0.2) is 29.0 Å². The molecule has 0 fully saturated rings. The number of methoxy groups -OCH3 is 1. The third-order valence-electron chi connectivity index (χ3n) is 6.06. The molecule has 33 heavy (non-hydrogen) atoms. The molecule has 4 aromatic rings. The number of nitrogens with one attached hydrogen (secondary N) is 2. The number of hydrogen-bond donors (Lipinski definition) is 4. The van der Waals surface area contributed by atoms with Gasteiger partial charge >= 0.3 is 5.97 Å². The molecule has 1 atom stereocenters. The van der Waals surface area contributed by atoms with E-state index >= 15 is 0 Å². The van der Waals surface area contributed by atoms with E-state index in [2.05, 4.69) is 18.0 Å². The van der Waals surface area contributed by atoms with E-state index < -0.39 is 5.97 Å². The molecule has 0 amide bonds. The third kappa shape index (κ3) is 4.20. The highest BCUT2D eigenvalue weighted by Gasteiger charge is 2.23. The second-order valence-corrected chi connectivity index (χ2v) is 8.06. The summed E-state index contributed by atoms with van der Waals surface area (Å²) in [6.45, 7) is 2.15. The maximum atomic E-state index is 12.1. The van der Waals surface area contributed by atoms with Crippen LogP contribution in [0.25, 0.3) is 22.0 Å². The average Bonchev–Trinajstić information content (AvgIpc) is 3.25. The molecule has 5 N–H and O–H groups in total. The number of aromatic carboxylic acids is 1. The number of hydrogen-bond acceptors (Lipinski definition) is 3. The molecule has 0 aliphatic carbocycles. The predicted octanol–water partition coefficient (Wildman–Crippen LogP) is 5.76. The van der Waals surface area contributed by atoms with Crippen LogP contribution in [0.15, 0.2) is 66.9 Å². The van der Waals surface area contributed by atoms with Crippen molar-refractivity contribution in [2.75, 3.05) is 7.11 Å². The van der Waals surface area contributed by atoms with Crippen LogP contribution >= 0.6 is 0 Å². The van der Waals surface area contributed by atoms with Crippen LogP contribution in [-0.2, 0) is 0 Å². The summed E-state index contributed by atoms with van der Waals surface area (Å²) in [5.41, 5.74) is 11.2. The summed E-state index contributed by atoms with van der Waals surface area (Å²) < 4.78 is 5.25. The molecule has 4 rings (SSSR count). The number of nitrogen functional groups attached to an aromatic ring is 1. The number of benzene rings is 3. The van der Waals surface area contributed by atoms with Crippen LogP contribution in [0, 0.1) is 5.41 Å². The Morgan fingerprint density at radius 1 is 1.09 bits per heavy atom. The maximum Gasteiger partial charge on any atom is 0.336 e. The number of carboxylic acids is 1. The lowest BCUT2D eigenvalue weighted by atomic mass is 9.82. The number of aromatic nitrogens is 1. The normalized spacial score (nSPS) is 11.9. The summed E-state index contributed by atoms with van der Waals surface area (Å²) in [5, 5.41) is 18.7. The van der Waals surface area contributed by atoms with E-state index in [1.807, 2.05) is 48.7 Å². The quantitative estimate of drug-likeness (QED) is 0.206. The van der Waals surface area contributed by atoms with E-state index in [4.69, 9.17) is 15.9 Å². The summed E-state index contributed by atoms with van der Waals surface area (Å²) in [7, 11) is 1.53. The van der Waals surface area contributed by atoms with Crippen molar-refractivity contribution in [2.45, 2.75) is 25.7 Å². The molecule has 0 aliphatic rings. The Hall–Kier alpha value is -4.06. The Morgan fingerprint density at radius 3 is 2.58 bits per heavy atom. The first-order valence-electron chi connectivity index (χ1n) is 10.9. The average molecular weight is 442 g/mol. The number of carbonyl (C=O) groups is 1. The number of H-pyrrole nitrogens is 1. The van der Waals surface area contributed by atoms with Gasteiger partial charge in [0.15, 0.2) is 0 Å². The minimum absolute atomic E-state index is 0.0317. The molecule has 6 heteroatoms. The Kier molecular flexibility index (Phi) is 6.18. The second kappa shape index (κ2) is 9.20. The van der Waals surface area contributed by atoms with Crippen LogP contribution in [0.1, 0.15) is 52.7 Å². The molecule has 3 aromatic carbocycles. The van der Waals surface area contributed by atoms with Crippen LogP contribution < -0.4 is 10.5 Å². The molecular formula is C27H27N3O3.